The van der Waals surface area contributed by atoms with Gasteiger partial charge in [0, 0.05) is 83.2 Å². The number of fused-ring (bicyclic) bond motifs is 2. The van der Waals surface area contributed by atoms with E-state index in [1.54, 1.807) is 16.2 Å². The number of likely N-dealkylation sites (tertiary alicyclic amines) is 1. The van der Waals surface area contributed by atoms with Crippen molar-refractivity contribution in [2.24, 2.45) is 7.05 Å². The number of aliphatic hydroxyl groups excluding tert-OH is 1. The van der Waals surface area contributed by atoms with Crippen molar-refractivity contribution in [2.75, 3.05) is 51.4 Å². The summed E-state index contributed by atoms with van der Waals surface area (Å²) in [5.74, 6) is 0.755. The number of pyridine rings is 1. The summed E-state index contributed by atoms with van der Waals surface area (Å²) in [6, 6.07) is 8.29. The van der Waals surface area contributed by atoms with Gasteiger partial charge in [0.1, 0.15) is 5.82 Å². The van der Waals surface area contributed by atoms with E-state index in [1.807, 2.05) is 31.1 Å². The lowest BCUT2D eigenvalue weighted by Gasteiger charge is -2.34. The number of sulfonamides is 1. The zero-order chi connectivity index (χ0) is 33.1. The van der Waals surface area contributed by atoms with Crippen molar-refractivity contribution in [3.05, 3.63) is 63.7 Å². The maximum absolute atomic E-state index is 13.2. The highest BCUT2D eigenvalue weighted by atomic mass is 32.2. The fraction of sp³-hybridized carbons (Fsp3) is 0.500. The molecule has 4 aromatic rings. The van der Waals surface area contributed by atoms with Crippen LogP contribution in [0.5, 0.6) is 0 Å². The largest absolute Gasteiger partial charge is 0.416 e. The zero-order valence-corrected chi connectivity index (χ0v) is 28.4. The second-order valence-electron chi connectivity index (χ2n) is 12.3. The number of piperidine rings is 1. The summed E-state index contributed by atoms with van der Waals surface area (Å²) in [5.41, 5.74) is 2.43. The van der Waals surface area contributed by atoms with Crippen LogP contribution in [0, 0.1) is 0 Å². The molecular weight excluding hydrogens is 658 g/mol. The van der Waals surface area contributed by atoms with Crippen LogP contribution in [-0.4, -0.2) is 93.2 Å². The van der Waals surface area contributed by atoms with Gasteiger partial charge >= 0.3 is 11.9 Å². The van der Waals surface area contributed by atoms with Gasteiger partial charge in [-0.15, -0.1) is 0 Å². The van der Waals surface area contributed by atoms with E-state index in [0.717, 1.165) is 29.7 Å². The van der Waals surface area contributed by atoms with E-state index in [1.165, 1.54) is 21.1 Å². The summed E-state index contributed by atoms with van der Waals surface area (Å²) >= 11 is 0. The Hall–Kier alpha value is -3.38. The van der Waals surface area contributed by atoms with Crippen molar-refractivity contribution >= 4 is 40.5 Å². The van der Waals surface area contributed by atoms with E-state index in [2.05, 4.69) is 10.00 Å². The zero-order valence-electron chi connectivity index (χ0n) is 26.6. The van der Waals surface area contributed by atoms with Crippen molar-refractivity contribution in [1.82, 2.24) is 33.1 Å². The van der Waals surface area contributed by atoms with E-state index in [4.69, 9.17) is 4.98 Å². The van der Waals surface area contributed by atoms with Crippen LogP contribution in [0.3, 0.4) is 0 Å². The maximum atomic E-state index is 13.2. The van der Waals surface area contributed by atoms with Crippen LogP contribution in [0.25, 0.3) is 22.4 Å². The Labute approximate surface area is 277 Å². The second kappa shape index (κ2) is 12.9. The number of β-amino-alcohol motifs (C(OH)–C–C–N with tert-alkyl or cyclic N) is 1. The SMILES string of the molecule is CN(C)c1ccc2c(n1)n(C1CCN(C[C@H](O)n3nc(-c4ccc(C(F)(F)F)cc4)c4c3CCN(S(C)(=O)=O)C4)CC1)c(=O)n2C.S. The van der Waals surface area contributed by atoms with Crippen molar-refractivity contribution < 1.29 is 26.7 Å². The number of benzene rings is 1. The van der Waals surface area contributed by atoms with Gasteiger partial charge in [-0.3, -0.25) is 14.0 Å². The summed E-state index contributed by atoms with van der Waals surface area (Å²) in [4.78, 5) is 22.0. The molecule has 3 aromatic heterocycles. The first kappa shape index (κ1) is 34.9. The predicted octanol–water partition coefficient (Wildman–Crippen LogP) is 2.94. The average molecular weight is 697 g/mol. The molecule has 17 heteroatoms. The van der Waals surface area contributed by atoms with Crippen LogP contribution >= 0.6 is 13.5 Å². The first-order valence-corrected chi connectivity index (χ1v) is 16.9. The number of aryl methyl sites for hydroxylation is 1. The Kier molecular flexibility index (Phi) is 9.60. The molecule has 0 spiro atoms. The Morgan fingerprint density at radius 3 is 2.32 bits per heavy atom. The van der Waals surface area contributed by atoms with Crippen molar-refractivity contribution in [1.29, 1.82) is 0 Å². The van der Waals surface area contributed by atoms with Crippen molar-refractivity contribution in [2.45, 2.75) is 44.3 Å². The Bertz CT molecular complexity index is 1930. The number of hydrogen-bond donors (Lipinski definition) is 1. The van der Waals surface area contributed by atoms with Gasteiger partial charge < -0.3 is 10.0 Å². The third kappa shape index (κ3) is 6.68. The van der Waals surface area contributed by atoms with Gasteiger partial charge in [-0.1, -0.05) is 12.1 Å². The van der Waals surface area contributed by atoms with E-state index >= 15 is 0 Å². The standard InChI is InChI=1S/C30H37F3N8O4S.H2S/c1-36(2)25-10-9-24-28(34-25)40(29(43)37(24)3)21-11-14-38(15-12-21)18-26(42)41-23-13-16-39(46(4,44)45)17-22(23)27(35-41)19-5-7-20(8-6-19)30(31,32)33;/h5-10,21,26,42H,11-18H2,1-4H3;1H2/t26-;/m0./s1. The minimum atomic E-state index is -4.50. The minimum Gasteiger partial charge on any atom is -0.370 e. The highest BCUT2D eigenvalue weighted by Gasteiger charge is 2.34. The molecule has 0 saturated carbocycles. The molecule has 5 heterocycles. The van der Waals surface area contributed by atoms with Crippen LogP contribution in [0.4, 0.5) is 19.0 Å². The molecule has 0 aliphatic carbocycles. The number of halogens is 3. The molecule has 12 nitrogen and oxygen atoms in total. The smallest absolute Gasteiger partial charge is 0.370 e. The second-order valence-corrected chi connectivity index (χ2v) is 14.3. The normalized spacial score (nSPS) is 17.4. The number of rotatable bonds is 7. The maximum Gasteiger partial charge on any atom is 0.416 e. The third-order valence-corrected chi connectivity index (χ3v) is 10.3. The summed E-state index contributed by atoms with van der Waals surface area (Å²) < 4.78 is 70.5. The summed E-state index contributed by atoms with van der Waals surface area (Å²) in [7, 11) is 2.00. The fourth-order valence-electron chi connectivity index (χ4n) is 6.47. The van der Waals surface area contributed by atoms with Gasteiger partial charge in [0.25, 0.3) is 0 Å². The van der Waals surface area contributed by atoms with Crippen LogP contribution in [-0.2, 0) is 36.2 Å². The van der Waals surface area contributed by atoms with Gasteiger partial charge in [-0.05, 0) is 37.1 Å². The molecule has 0 unspecified atom stereocenters. The lowest BCUT2D eigenvalue weighted by atomic mass is 10.0. The van der Waals surface area contributed by atoms with Crippen LogP contribution < -0.4 is 10.6 Å². The summed E-state index contributed by atoms with van der Waals surface area (Å²) in [5, 5.41) is 16.1. The molecule has 2 aliphatic heterocycles. The van der Waals surface area contributed by atoms with Crippen molar-refractivity contribution in [3.63, 3.8) is 0 Å². The topological polar surface area (TPSA) is 122 Å². The minimum absolute atomic E-state index is 0. The molecule has 1 fully saturated rings. The molecule has 1 saturated heterocycles. The predicted molar refractivity (Wildman–Crippen MR) is 177 cm³/mol. The number of hydrogen-bond acceptors (Lipinski definition) is 8. The highest BCUT2D eigenvalue weighted by molar-refractivity contribution is 7.88. The number of imidazole rings is 1. The lowest BCUT2D eigenvalue weighted by molar-refractivity contribution is -0.137. The van der Waals surface area contributed by atoms with Gasteiger partial charge in [-0.25, -0.2) is 22.9 Å². The van der Waals surface area contributed by atoms with Gasteiger partial charge in [0.2, 0.25) is 10.0 Å². The van der Waals surface area contributed by atoms with E-state index in [9.17, 15) is 31.5 Å². The highest BCUT2D eigenvalue weighted by Crippen LogP contribution is 2.35. The monoisotopic (exact) mass is 696 g/mol. The van der Waals surface area contributed by atoms with Gasteiger partial charge in [0.15, 0.2) is 11.9 Å². The molecule has 6 rings (SSSR count). The summed E-state index contributed by atoms with van der Waals surface area (Å²) in [6.07, 6.45) is -2.85. The lowest BCUT2D eigenvalue weighted by Crippen LogP contribution is -2.41. The molecule has 0 bridgehead atoms. The molecule has 1 aromatic carbocycles. The van der Waals surface area contributed by atoms with Crippen molar-refractivity contribution in [3.8, 4) is 11.3 Å². The molecule has 0 radical (unpaired) electrons. The number of aromatic nitrogens is 5. The molecule has 2 aliphatic rings. The third-order valence-electron chi connectivity index (χ3n) is 9.01. The van der Waals surface area contributed by atoms with E-state index in [-0.39, 0.29) is 44.9 Å². The number of anilines is 1. The number of nitrogens with zero attached hydrogens (tertiary/aromatic N) is 8. The summed E-state index contributed by atoms with van der Waals surface area (Å²) in [6.45, 7) is 1.65. The first-order chi connectivity index (χ1) is 21.6. The number of aliphatic hydroxyl groups is 1. The Balaban J connectivity index is 0.00000433. The Morgan fingerprint density at radius 2 is 1.72 bits per heavy atom. The molecule has 256 valence electrons. The van der Waals surface area contributed by atoms with Crippen LogP contribution in [0.1, 0.15) is 41.9 Å². The van der Waals surface area contributed by atoms with Gasteiger partial charge in [0.05, 0.1) is 23.0 Å². The first-order valence-electron chi connectivity index (χ1n) is 15.0. The van der Waals surface area contributed by atoms with E-state index < -0.39 is 28.0 Å². The average Bonchev–Trinajstić information content (AvgIpc) is 3.51. The molecule has 1 N–H and O–H groups in total. The van der Waals surface area contributed by atoms with Crippen LogP contribution in [0.2, 0.25) is 0 Å². The quantitative estimate of drug-likeness (QED) is 0.313. The molecule has 47 heavy (non-hydrogen) atoms. The molecular formula is C30H39F3N8O4S2. The van der Waals surface area contributed by atoms with Crippen LogP contribution in [0.15, 0.2) is 41.2 Å². The molecule has 1 atom stereocenters. The Morgan fingerprint density at radius 1 is 1.06 bits per heavy atom. The fourth-order valence-corrected chi connectivity index (χ4v) is 7.26. The number of alkyl halides is 3. The van der Waals surface area contributed by atoms with Gasteiger partial charge in [-0.2, -0.15) is 36.1 Å². The van der Waals surface area contributed by atoms with E-state index in [0.29, 0.717) is 60.5 Å². The molecule has 0 amide bonds.